The number of carbonyl (C=O) groups is 2. The van der Waals surface area contributed by atoms with Crippen LogP contribution in [-0.4, -0.2) is 49.9 Å². The van der Waals surface area contributed by atoms with Gasteiger partial charge in [-0.25, -0.2) is 8.42 Å². The summed E-state index contributed by atoms with van der Waals surface area (Å²) in [5, 5.41) is 3.39. The van der Waals surface area contributed by atoms with Crippen molar-refractivity contribution in [2.45, 2.75) is 64.1 Å². The van der Waals surface area contributed by atoms with E-state index in [1.165, 1.54) is 17.0 Å². The Balaban J connectivity index is 2.12. The van der Waals surface area contributed by atoms with Crippen LogP contribution in [0.5, 0.6) is 5.75 Å². The molecule has 0 unspecified atom stereocenters. The number of nitrogens with zero attached hydrogens (tertiary/aromatic N) is 2. The first-order valence-corrected chi connectivity index (χ1v) is 15.3. The number of carbonyl (C=O) groups excluding carboxylic acids is 2. The number of benzene rings is 3. The third-order valence-corrected chi connectivity index (χ3v) is 8.37. The fourth-order valence-corrected chi connectivity index (χ4v) is 6.00. The van der Waals surface area contributed by atoms with Crippen LogP contribution in [0.15, 0.2) is 83.8 Å². The van der Waals surface area contributed by atoms with Crippen molar-refractivity contribution in [3.63, 3.8) is 0 Å². The van der Waals surface area contributed by atoms with Crippen LogP contribution < -0.4 is 14.4 Å². The predicted molar refractivity (Wildman–Crippen MR) is 163 cm³/mol. The van der Waals surface area contributed by atoms with E-state index in [0.717, 1.165) is 4.31 Å². The van der Waals surface area contributed by atoms with Gasteiger partial charge in [-0.2, -0.15) is 0 Å². The molecule has 10 heteroatoms. The molecule has 3 rings (SSSR count). The smallest absolute Gasteiger partial charge is 0.264 e. The molecule has 0 saturated carbocycles. The van der Waals surface area contributed by atoms with E-state index in [-0.39, 0.29) is 23.0 Å². The number of sulfonamides is 1. The molecular formula is C31H38ClN3O5S. The molecule has 0 aromatic heterocycles. The minimum absolute atomic E-state index is 0.0148. The predicted octanol–water partition coefficient (Wildman–Crippen LogP) is 5.66. The van der Waals surface area contributed by atoms with Gasteiger partial charge in [0.05, 0.1) is 17.2 Å². The van der Waals surface area contributed by atoms with Gasteiger partial charge in [0.25, 0.3) is 10.0 Å². The highest BCUT2D eigenvalue weighted by molar-refractivity contribution is 7.92. The van der Waals surface area contributed by atoms with Crippen LogP contribution in [-0.2, 0) is 26.2 Å². The van der Waals surface area contributed by atoms with Crippen LogP contribution in [0.4, 0.5) is 5.69 Å². The van der Waals surface area contributed by atoms with Gasteiger partial charge in [0.2, 0.25) is 11.8 Å². The van der Waals surface area contributed by atoms with Crippen LogP contribution in [0.3, 0.4) is 0 Å². The highest BCUT2D eigenvalue weighted by Gasteiger charge is 2.35. The Morgan fingerprint density at radius 2 is 1.54 bits per heavy atom. The second kappa shape index (κ2) is 13.9. The SMILES string of the molecule is CCOc1ccccc1N(CC(=O)N(Cc1ccccc1Cl)[C@H](CC)C(=O)NC(C)(C)C)S(=O)(=O)c1ccccc1. The van der Waals surface area contributed by atoms with Crippen molar-refractivity contribution in [1.29, 1.82) is 0 Å². The van der Waals surface area contributed by atoms with E-state index < -0.39 is 34.1 Å². The third kappa shape index (κ3) is 8.24. The molecule has 0 heterocycles. The molecule has 0 spiro atoms. The van der Waals surface area contributed by atoms with Gasteiger partial charge >= 0.3 is 0 Å². The molecule has 1 atom stereocenters. The van der Waals surface area contributed by atoms with Crippen molar-refractivity contribution in [2.24, 2.45) is 0 Å². The maximum absolute atomic E-state index is 14.2. The Bertz CT molecular complexity index is 1440. The number of halogens is 1. The average Bonchev–Trinajstić information content (AvgIpc) is 2.92. The van der Waals surface area contributed by atoms with Crippen molar-refractivity contribution in [3.05, 3.63) is 89.4 Å². The molecule has 0 aliphatic heterocycles. The highest BCUT2D eigenvalue weighted by Crippen LogP contribution is 2.33. The number of anilines is 1. The van der Waals surface area contributed by atoms with Crippen LogP contribution in [0, 0.1) is 0 Å². The summed E-state index contributed by atoms with van der Waals surface area (Å²) in [6.45, 7) is 8.93. The van der Waals surface area contributed by atoms with E-state index in [1.54, 1.807) is 73.7 Å². The summed E-state index contributed by atoms with van der Waals surface area (Å²) in [6.07, 6.45) is 0.305. The minimum atomic E-state index is -4.21. The lowest BCUT2D eigenvalue weighted by Crippen LogP contribution is -2.55. The third-order valence-electron chi connectivity index (χ3n) is 6.23. The van der Waals surface area contributed by atoms with Crippen LogP contribution in [0.1, 0.15) is 46.6 Å². The first-order chi connectivity index (χ1) is 19.4. The van der Waals surface area contributed by atoms with E-state index in [0.29, 0.717) is 29.4 Å². The lowest BCUT2D eigenvalue weighted by molar-refractivity contribution is -0.141. The number of rotatable bonds is 12. The zero-order valence-corrected chi connectivity index (χ0v) is 25.7. The molecule has 0 saturated heterocycles. The van der Waals surface area contributed by atoms with Crippen LogP contribution >= 0.6 is 11.6 Å². The summed E-state index contributed by atoms with van der Waals surface area (Å²) in [7, 11) is -4.21. The first-order valence-electron chi connectivity index (χ1n) is 13.5. The molecule has 2 amide bonds. The Labute approximate surface area is 248 Å². The molecule has 0 aliphatic carbocycles. The molecule has 0 fully saturated rings. The Hall–Kier alpha value is -3.56. The molecule has 1 N–H and O–H groups in total. The quantitative estimate of drug-likeness (QED) is 0.290. The maximum Gasteiger partial charge on any atom is 0.264 e. The second-order valence-corrected chi connectivity index (χ2v) is 12.8. The molecule has 3 aromatic carbocycles. The second-order valence-electron chi connectivity index (χ2n) is 10.5. The van der Waals surface area contributed by atoms with Gasteiger partial charge in [-0.15, -0.1) is 0 Å². The van der Waals surface area contributed by atoms with Crippen molar-refractivity contribution in [3.8, 4) is 5.75 Å². The topological polar surface area (TPSA) is 96.0 Å². The van der Waals surface area contributed by atoms with Gasteiger partial charge in [0, 0.05) is 17.1 Å². The Kier molecular flexibility index (Phi) is 10.8. The van der Waals surface area contributed by atoms with E-state index in [4.69, 9.17) is 16.3 Å². The fraction of sp³-hybridized carbons (Fsp3) is 0.355. The summed E-state index contributed by atoms with van der Waals surface area (Å²) in [5.74, 6) is -0.586. The van der Waals surface area contributed by atoms with E-state index in [9.17, 15) is 18.0 Å². The number of ether oxygens (including phenoxy) is 1. The number of hydrogen-bond acceptors (Lipinski definition) is 5. The van der Waals surface area contributed by atoms with Gasteiger partial charge in [0.15, 0.2) is 0 Å². The number of nitrogens with one attached hydrogen (secondary N) is 1. The molecular weight excluding hydrogens is 562 g/mol. The van der Waals surface area contributed by atoms with E-state index in [1.807, 2.05) is 27.7 Å². The number of amides is 2. The first kappa shape index (κ1) is 32.0. The van der Waals surface area contributed by atoms with Gasteiger partial charge in [-0.05, 0) is 70.0 Å². The lowest BCUT2D eigenvalue weighted by Gasteiger charge is -2.35. The Morgan fingerprint density at radius 1 is 0.927 bits per heavy atom. The highest BCUT2D eigenvalue weighted by atomic mass is 35.5. The molecule has 0 radical (unpaired) electrons. The van der Waals surface area contributed by atoms with Gasteiger partial charge < -0.3 is 15.0 Å². The van der Waals surface area contributed by atoms with Gasteiger partial charge in [0.1, 0.15) is 18.3 Å². The zero-order chi connectivity index (χ0) is 30.2. The molecule has 0 aliphatic rings. The van der Waals surface area contributed by atoms with Gasteiger partial charge in [-0.3, -0.25) is 13.9 Å². The normalized spacial score (nSPS) is 12.3. The van der Waals surface area contributed by atoms with E-state index >= 15 is 0 Å². The van der Waals surface area contributed by atoms with Crippen molar-refractivity contribution in [2.75, 3.05) is 17.5 Å². The minimum Gasteiger partial charge on any atom is -0.492 e. The van der Waals surface area contributed by atoms with Crippen molar-refractivity contribution in [1.82, 2.24) is 10.2 Å². The molecule has 8 nitrogen and oxygen atoms in total. The summed E-state index contributed by atoms with van der Waals surface area (Å²) in [6, 6.07) is 20.8. The molecule has 0 bridgehead atoms. The van der Waals surface area contributed by atoms with E-state index in [2.05, 4.69) is 5.32 Å². The molecule has 3 aromatic rings. The summed E-state index contributed by atoms with van der Waals surface area (Å²) >= 11 is 6.46. The van der Waals surface area contributed by atoms with Crippen LogP contribution in [0.25, 0.3) is 0 Å². The van der Waals surface area contributed by atoms with Crippen molar-refractivity contribution < 1.29 is 22.7 Å². The van der Waals surface area contributed by atoms with Crippen molar-refractivity contribution >= 4 is 39.1 Å². The molecule has 41 heavy (non-hydrogen) atoms. The monoisotopic (exact) mass is 599 g/mol. The van der Waals surface area contributed by atoms with Gasteiger partial charge in [-0.1, -0.05) is 67.1 Å². The lowest BCUT2D eigenvalue weighted by atomic mass is 10.1. The summed E-state index contributed by atoms with van der Waals surface area (Å²) in [4.78, 5) is 29.1. The molecule has 220 valence electrons. The van der Waals surface area contributed by atoms with Crippen LogP contribution in [0.2, 0.25) is 5.02 Å². The maximum atomic E-state index is 14.2. The Morgan fingerprint density at radius 3 is 2.15 bits per heavy atom. The summed E-state index contributed by atoms with van der Waals surface area (Å²) in [5.41, 5.74) is 0.316. The largest absolute Gasteiger partial charge is 0.492 e. The fourth-order valence-electron chi connectivity index (χ4n) is 4.36. The zero-order valence-electron chi connectivity index (χ0n) is 24.1. The summed E-state index contributed by atoms with van der Waals surface area (Å²) < 4.78 is 34.8. The standard InChI is InChI=1S/C31H38ClN3O5S/c1-6-26(30(37)33-31(3,4)5)34(21-23-15-11-12-18-25(23)32)29(36)22-35(27-19-13-14-20-28(27)40-7-2)41(38,39)24-16-9-8-10-17-24/h8-20,26H,6-7,21-22H2,1-5H3,(H,33,37)/t26-/m1/s1. The number of hydrogen-bond donors (Lipinski definition) is 1. The number of para-hydroxylation sites is 2. The average molecular weight is 600 g/mol.